The van der Waals surface area contributed by atoms with Crippen molar-refractivity contribution in [3.05, 3.63) is 43.0 Å². The molecule has 0 aliphatic carbocycles. The van der Waals surface area contributed by atoms with Gasteiger partial charge in [0.2, 0.25) is 0 Å². The van der Waals surface area contributed by atoms with Gasteiger partial charge in [0.25, 0.3) is 10.1 Å². The van der Waals surface area contributed by atoms with E-state index in [1.54, 1.807) is 18.2 Å². The van der Waals surface area contributed by atoms with Crippen LogP contribution in [0.3, 0.4) is 0 Å². The standard InChI is InChI=1S/C9H10O3S.Rb.H/c1-2-8-12-13(10,11)9-6-4-3-5-7-9;;/h2-7H,1,8H2;;/q;+1;-1. The molecule has 5 heteroatoms. The van der Waals surface area contributed by atoms with Gasteiger partial charge < -0.3 is 1.43 Å². The third kappa shape index (κ3) is 4.46. The Bertz CT molecular complexity index is 378. The zero-order chi connectivity index (χ0) is 9.73. The van der Waals surface area contributed by atoms with Crippen LogP contribution in [-0.2, 0) is 14.3 Å². The molecule has 0 spiro atoms. The summed E-state index contributed by atoms with van der Waals surface area (Å²) in [7, 11) is -3.59. The minimum atomic E-state index is -3.59. The molecule has 0 saturated carbocycles. The minimum absolute atomic E-state index is 0. The van der Waals surface area contributed by atoms with Crippen molar-refractivity contribution in [2.24, 2.45) is 0 Å². The molecule has 0 radical (unpaired) electrons. The molecule has 1 aromatic carbocycles. The van der Waals surface area contributed by atoms with E-state index in [0.29, 0.717) is 0 Å². The minimum Gasteiger partial charge on any atom is -1.00 e. The van der Waals surface area contributed by atoms with Gasteiger partial charge in [-0.15, -0.1) is 6.58 Å². The monoisotopic (exact) mass is 284 g/mol. The molecule has 0 bridgehead atoms. The van der Waals surface area contributed by atoms with Gasteiger partial charge in [-0.1, -0.05) is 24.3 Å². The van der Waals surface area contributed by atoms with Crippen LogP contribution in [0.25, 0.3) is 0 Å². The molecular weight excluding hydrogens is 274 g/mol. The van der Waals surface area contributed by atoms with Gasteiger partial charge in [0.05, 0.1) is 11.5 Å². The summed E-state index contributed by atoms with van der Waals surface area (Å²) in [6.07, 6.45) is 1.39. The number of hydrogen-bond donors (Lipinski definition) is 0. The first-order chi connectivity index (χ1) is 6.17. The third-order valence-electron chi connectivity index (χ3n) is 1.37. The normalized spacial score (nSPS) is 10.3. The van der Waals surface area contributed by atoms with Crippen LogP contribution in [0.15, 0.2) is 47.9 Å². The van der Waals surface area contributed by atoms with E-state index in [1.807, 2.05) is 0 Å². The molecule has 0 unspecified atom stereocenters. The average molecular weight is 285 g/mol. The Morgan fingerprint density at radius 2 is 1.93 bits per heavy atom. The van der Waals surface area contributed by atoms with Crippen LogP contribution < -0.4 is 58.2 Å². The Balaban J connectivity index is 0. The second-order valence-electron chi connectivity index (χ2n) is 2.34. The first-order valence-corrected chi connectivity index (χ1v) is 5.13. The van der Waals surface area contributed by atoms with Crippen molar-refractivity contribution < 1.29 is 72.2 Å². The third-order valence-corrected chi connectivity index (χ3v) is 2.67. The van der Waals surface area contributed by atoms with Gasteiger partial charge in [-0.2, -0.15) is 8.42 Å². The average Bonchev–Trinajstić information content (AvgIpc) is 2.16. The van der Waals surface area contributed by atoms with Gasteiger partial charge >= 0.3 is 58.2 Å². The van der Waals surface area contributed by atoms with Crippen molar-refractivity contribution in [3.63, 3.8) is 0 Å². The first kappa shape index (κ1) is 14.7. The van der Waals surface area contributed by atoms with Gasteiger partial charge in [0, 0.05) is 0 Å². The molecule has 0 saturated heterocycles. The maximum Gasteiger partial charge on any atom is 1.00 e. The van der Waals surface area contributed by atoms with Crippen LogP contribution in [0.1, 0.15) is 1.43 Å². The Kier molecular flexibility index (Phi) is 7.37. The molecule has 1 aromatic rings. The molecular formula is C9H11O3RbS. The van der Waals surface area contributed by atoms with Gasteiger partial charge in [0.15, 0.2) is 0 Å². The summed E-state index contributed by atoms with van der Waals surface area (Å²) in [6.45, 7) is 3.37. The molecule has 14 heavy (non-hydrogen) atoms. The fraction of sp³-hybridized carbons (Fsp3) is 0.111. The molecule has 0 atom stereocenters. The predicted molar refractivity (Wildman–Crippen MR) is 50.9 cm³/mol. The molecule has 1 rings (SSSR count). The molecule has 0 aliphatic rings. The molecule has 72 valence electrons. The van der Waals surface area contributed by atoms with E-state index in [2.05, 4.69) is 10.8 Å². The molecule has 0 aromatic heterocycles. The SMILES string of the molecule is C=CCOS(=O)(=O)c1ccccc1.[H-].[Rb+]. The van der Waals surface area contributed by atoms with Crippen molar-refractivity contribution in [3.8, 4) is 0 Å². The second kappa shape index (κ2) is 7.03. The van der Waals surface area contributed by atoms with E-state index in [-0.39, 0.29) is 71.1 Å². The van der Waals surface area contributed by atoms with Gasteiger partial charge in [-0.25, -0.2) is 0 Å². The summed E-state index contributed by atoms with van der Waals surface area (Å²) in [6, 6.07) is 8.00. The van der Waals surface area contributed by atoms with E-state index in [0.717, 1.165) is 0 Å². The van der Waals surface area contributed by atoms with Crippen molar-refractivity contribution in [1.29, 1.82) is 0 Å². The Morgan fingerprint density at radius 1 is 1.36 bits per heavy atom. The quantitative estimate of drug-likeness (QED) is 0.510. The number of hydrogen-bond acceptors (Lipinski definition) is 3. The van der Waals surface area contributed by atoms with Crippen LogP contribution >= 0.6 is 0 Å². The maximum atomic E-state index is 11.3. The molecule has 0 aliphatic heterocycles. The van der Waals surface area contributed by atoms with E-state index in [1.165, 1.54) is 18.2 Å². The van der Waals surface area contributed by atoms with E-state index < -0.39 is 10.1 Å². The summed E-state index contributed by atoms with van der Waals surface area (Å²) in [5, 5.41) is 0. The summed E-state index contributed by atoms with van der Waals surface area (Å²) in [4.78, 5) is 0.164. The topological polar surface area (TPSA) is 43.4 Å². The largest absolute Gasteiger partial charge is 1.00 e. The van der Waals surface area contributed by atoms with Crippen LogP contribution in [0.4, 0.5) is 0 Å². The Labute approximate surface area is 135 Å². The first-order valence-electron chi connectivity index (χ1n) is 3.72. The van der Waals surface area contributed by atoms with Gasteiger partial charge in [-0.05, 0) is 12.1 Å². The summed E-state index contributed by atoms with van der Waals surface area (Å²) in [5.41, 5.74) is 0. The van der Waals surface area contributed by atoms with Gasteiger partial charge in [-0.3, -0.25) is 4.18 Å². The van der Waals surface area contributed by atoms with Crippen molar-refractivity contribution >= 4 is 10.1 Å². The summed E-state index contributed by atoms with van der Waals surface area (Å²) >= 11 is 0. The molecule has 0 fully saturated rings. The van der Waals surface area contributed by atoms with Gasteiger partial charge in [0.1, 0.15) is 0 Å². The van der Waals surface area contributed by atoms with Crippen molar-refractivity contribution in [1.82, 2.24) is 0 Å². The second-order valence-corrected chi connectivity index (χ2v) is 3.96. The predicted octanol–water partition coefficient (Wildman–Crippen LogP) is -1.31. The van der Waals surface area contributed by atoms with Crippen molar-refractivity contribution in [2.45, 2.75) is 4.90 Å². The maximum absolute atomic E-state index is 11.3. The van der Waals surface area contributed by atoms with Crippen LogP contribution in [0.2, 0.25) is 0 Å². The van der Waals surface area contributed by atoms with Crippen LogP contribution in [-0.4, -0.2) is 15.0 Å². The Morgan fingerprint density at radius 3 is 2.43 bits per heavy atom. The van der Waals surface area contributed by atoms with E-state index >= 15 is 0 Å². The van der Waals surface area contributed by atoms with Crippen LogP contribution in [0, 0.1) is 0 Å². The Hall–Kier alpha value is 0.675. The van der Waals surface area contributed by atoms with E-state index in [4.69, 9.17) is 0 Å². The molecule has 0 N–H and O–H groups in total. The van der Waals surface area contributed by atoms with Crippen LogP contribution in [0.5, 0.6) is 0 Å². The molecule has 0 amide bonds. The van der Waals surface area contributed by atoms with Crippen molar-refractivity contribution in [2.75, 3.05) is 6.61 Å². The number of rotatable bonds is 4. The fourth-order valence-corrected chi connectivity index (χ4v) is 1.69. The molecule has 0 heterocycles. The van der Waals surface area contributed by atoms with E-state index in [9.17, 15) is 8.42 Å². The number of benzene rings is 1. The zero-order valence-corrected chi connectivity index (χ0v) is 13.7. The fourth-order valence-electron chi connectivity index (χ4n) is 0.793. The summed E-state index contributed by atoms with van der Waals surface area (Å²) < 4.78 is 27.3. The zero-order valence-electron chi connectivity index (χ0n) is 9.01. The summed E-state index contributed by atoms with van der Waals surface area (Å²) in [5.74, 6) is 0. The molecule has 3 nitrogen and oxygen atoms in total. The smallest absolute Gasteiger partial charge is 1.00 e.